The van der Waals surface area contributed by atoms with Gasteiger partial charge in [-0.3, -0.25) is 9.78 Å². The molecule has 0 saturated heterocycles. The summed E-state index contributed by atoms with van der Waals surface area (Å²) in [7, 11) is 0. The molecule has 3 nitrogen and oxygen atoms in total. The summed E-state index contributed by atoms with van der Waals surface area (Å²) in [5, 5.41) is 1.02. The van der Waals surface area contributed by atoms with E-state index in [1.807, 2.05) is 24.3 Å². The molecule has 0 unspecified atom stereocenters. The maximum Gasteiger partial charge on any atom is 0.293 e. The largest absolute Gasteiger partial charge is 0.463 e. The van der Waals surface area contributed by atoms with Gasteiger partial charge in [0.05, 0.1) is 5.52 Å². The maximum absolute atomic E-state index is 10.1. The van der Waals surface area contributed by atoms with Gasteiger partial charge in [0.15, 0.2) is 0 Å². The second kappa shape index (κ2) is 4.40. The van der Waals surface area contributed by atoms with Crippen molar-refractivity contribution in [2.45, 2.75) is 6.61 Å². The van der Waals surface area contributed by atoms with E-state index in [0.29, 0.717) is 6.47 Å². The van der Waals surface area contributed by atoms with Crippen molar-refractivity contribution in [3.8, 4) is 0 Å². The van der Waals surface area contributed by atoms with Crippen molar-refractivity contribution in [3.63, 3.8) is 0 Å². The van der Waals surface area contributed by atoms with Crippen molar-refractivity contribution in [2.75, 3.05) is 0 Å². The van der Waals surface area contributed by atoms with Crippen molar-refractivity contribution in [2.24, 2.45) is 0 Å². The molecule has 2 aromatic rings. The van der Waals surface area contributed by atoms with Gasteiger partial charge in [0, 0.05) is 21.6 Å². The topological polar surface area (TPSA) is 39.2 Å². The van der Waals surface area contributed by atoms with Crippen LogP contribution in [0.5, 0.6) is 0 Å². The SMILES string of the molecule is O=COCc1ccc(Br)c2cccnc12. The first kappa shape index (κ1) is 10.1. The maximum atomic E-state index is 10.1. The predicted octanol–water partition coefficient (Wildman–Crippen LogP) is 2.67. The average molecular weight is 266 g/mol. The summed E-state index contributed by atoms with van der Waals surface area (Å²) in [5.74, 6) is 0. The zero-order chi connectivity index (χ0) is 10.7. The minimum atomic E-state index is 0.254. The number of aromatic nitrogens is 1. The molecule has 0 spiro atoms. The second-order valence-corrected chi connectivity index (χ2v) is 3.87. The van der Waals surface area contributed by atoms with Gasteiger partial charge in [0.1, 0.15) is 6.61 Å². The molecule has 0 atom stereocenters. The van der Waals surface area contributed by atoms with Gasteiger partial charge in [-0.05, 0) is 12.1 Å². The van der Waals surface area contributed by atoms with Crippen LogP contribution in [-0.2, 0) is 16.1 Å². The number of hydrogen-bond acceptors (Lipinski definition) is 3. The van der Waals surface area contributed by atoms with Crippen molar-refractivity contribution < 1.29 is 9.53 Å². The number of carbonyl (C=O) groups is 1. The molecule has 0 bridgehead atoms. The van der Waals surface area contributed by atoms with E-state index in [9.17, 15) is 4.79 Å². The molecule has 1 aromatic heterocycles. The lowest BCUT2D eigenvalue weighted by Gasteiger charge is -2.05. The zero-order valence-electron chi connectivity index (χ0n) is 7.81. The number of nitrogens with zero attached hydrogens (tertiary/aromatic N) is 1. The van der Waals surface area contributed by atoms with Crippen LogP contribution in [0.25, 0.3) is 10.9 Å². The van der Waals surface area contributed by atoms with Gasteiger partial charge in [-0.25, -0.2) is 0 Å². The van der Waals surface area contributed by atoms with Gasteiger partial charge < -0.3 is 4.74 Å². The first-order valence-electron chi connectivity index (χ1n) is 4.40. The van der Waals surface area contributed by atoms with E-state index in [1.54, 1.807) is 6.20 Å². The minimum Gasteiger partial charge on any atom is -0.463 e. The van der Waals surface area contributed by atoms with E-state index in [2.05, 4.69) is 20.9 Å². The first-order chi connectivity index (χ1) is 7.33. The van der Waals surface area contributed by atoms with Crippen LogP contribution in [0.4, 0.5) is 0 Å². The Bertz CT molecular complexity index is 499. The fourth-order valence-corrected chi connectivity index (χ4v) is 1.89. The molecule has 0 fully saturated rings. The van der Waals surface area contributed by atoms with E-state index >= 15 is 0 Å². The molecule has 0 amide bonds. The van der Waals surface area contributed by atoms with E-state index in [-0.39, 0.29) is 6.61 Å². The normalized spacial score (nSPS) is 10.2. The van der Waals surface area contributed by atoms with Gasteiger partial charge in [-0.2, -0.15) is 0 Å². The highest BCUT2D eigenvalue weighted by molar-refractivity contribution is 9.10. The third-order valence-electron chi connectivity index (χ3n) is 2.11. The molecule has 0 radical (unpaired) electrons. The monoisotopic (exact) mass is 265 g/mol. The molecule has 15 heavy (non-hydrogen) atoms. The van der Waals surface area contributed by atoms with Crippen LogP contribution < -0.4 is 0 Å². The minimum absolute atomic E-state index is 0.254. The highest BCUT2D eigenvalue weighted by Gasteiger charge is 2.04. The van der Waals surface area contributed by atoms with E-state index in [0.717, 1.165) is 20.9 Å². The van der Waals surface area contributed by atoms with Crippen LogP contribution >= 0.6 is 15.9 Å². The summed E-state index contributed by atoms with van der Waals surface area (Å²) in [5.41, 5.74) is 1.76. The summed E-state index contributed by atoms with van der Waals surface area (Å²) < 4.78 is 5.72. The van der Waals surface area contributed by atoms with E-state index < -0.39 is 0 Å². The summed E-state index contributed by atoms with van der Waals surface area (Å²) in [6, 6.07) is 7.66. The van der Waals surface area contributed by atoms with Gasteiger partial charge in [0.2, 0.25) is 0 Å². The van der Waals surface area contributed by atoms with Crippen LogP contribution in [0.2, 0.25) is 0 Å². The standard InChI is InChI=1S/C11H8BrNO2/c12-10-4-3-8(6-15-7-14)11-9(10)2-1-5-13-11/h1-5,7H,6H2. The quantitative estimate of drug-likeness (QED) is 0.802. The molecule has 1 aromatic carbocycles. The number of pyridine rings is 1. The van der Waals surface area contributed by atoms with Crippen molar-refractivity contribution in [1.29, 1.82) is 0 Å². The molecule has 1 heterocycles. The molecular weight excluding hydrogens is 258 g/mol. The number of carbonyl (C=O) groups excluding carboxylic acids is 1. The molecule has 4 heteroatoms. The zero-order valence-corrected chi connectivity index (χ0v) is 9.40. The second-order valence-electron chi connectivity index (χ2n) is 3.01. The number of fused-ring (bicyclic) bond motifs is 1. The Labute approximate surface area is 95.2 Å². The lowest BCUT2D eigenvalue weighted by Crippen LogP contribution is -1.93. The molecule has 0 aliphatic carbocycles. The third-order valence-corrected chi connectivity index (χ3v) is 2.80. The number of hydrogen-bond donors (Lipinski definition) is 0. The predicted molar refractivity (Wildman–Crippen MR) is 60.3 cm³/mol. The first-order valence-corrected chi connectivity index (χ1v) is 5.19. The molecule has 0 aliphatic heterocycles. The van der Waals surface area contributed by atoms with Crippen molar-refractivity contribution in [3.05, 3.63) is 40.5 Å². The third kappa shape index (κ3) is 1.99. The Morgan fingerprint density at radius 3 is 3.07 bits per heavy atom. The fourth-order valence-electron chi connectivity index (χ4n) is 1.44. The number of halogens is 1. The van der Waals surface area contributed by atoms with Gasteiger partial charge in [-0.1, -0.05) is 28.1 Å². The molecular formula is C11H8BrNO2. The van der Waals surface area contributed by atoms with Gasteiger partial charge in [0.25, 0.3) is 6.47 Å². The summed E-state index contributed by atoms with van der Waals surface area (Å²) in [6.45, 7) is 0.696. The molecule has 2 rings (SSSR count). The van der Waals surface area contributed by atoms with Crippen LogP contribution in [0.15, 0.2) is 34.9 Å². The number of benzene rings is 1. The van der Waals surface area contributed by atoms with Crippen LogP contribution in [0.1, 0.15) is 5.56 Å². The molecule has 76 valence electrons. The summed E-state index contributed by atoms with van der Waals surface area (Å²) in [4.78, 5) is 14.4. The Morgan fingerprint density at radius 1 is 1.40 bits per heavy atom. The van der Waals surface area contributed by atoms with E-state index in [1.165, 1.54) is 0 Å². The molecule has 0 N–H and O–H groups in total. The van der Waals surface area contributed by atoms with Gasteiger partial charge >= 0.3 is 0 Å². The lowest BCUT2D eigenvalue weighted by atomic mass is 10.1. The van der Waals surface area contributed by atoms with E-state index in [4.69, 9.17) is 4.74 Å². The molecule has 0 saturated carbocycles. The van der Waals surface area contributed by atoms with Crippen LogP contribution in [0.3, 0.4) is 0 Å². The lowest BCUT2D eigenvalue weighted by molar-refractivity contribution is -0.129. The summed E-state index contributed by atoms with van der Waals surface area (Å²) in [6.07, 6.45) is 1.72. The Hall–Kier alpha value is -1.42. The highest BCUT2D eigenvalue weighted by Crippen LogP contribution is 2.25. The van der Waals surface area contributed by atoms with Crippen LogP contribution in [0, 0.1) is 0 Å². The van der Waals surface area contributed by atoms with Gasteiger partial charge in [-0.15, -0.1) is 0 Å². The van der Waals surface area contributed by atoms with Crippen LogP contribution in [-0.4, -0.2) is 11.5 Å². The number of ether oxygens (including phenoxy) is 1. The molecule has 0 aliphatic rings. The Balaban J connectivity index is 2.56. The van der Waals surface area contributed by atoms with Crippen molar-refractivity contribution >= 4 is 33.3 Å². The Kier molecular flexibility index (Phi) is 2.97. The number of rotatable bonds is 3. The van der Waals surface area contributed by atoms with Crippen molar-refractivity contribution in [1.82, 2.24) is 4.98 Å². The highest BCUT2D eigenvalue weighted by atomic mass is 79.9. The smallest absolute Gasteiger partial charge is 0.293 e. The fraction of sp³-hybridized carbons (Fsp3) is 0.0909. The Morgan fingerprint density at radius 2 is 2.27 bits per heavy atom. The summed E-state index contributed by atoms with van der Waals surface area (Å²) >= 11 is 3.45. The average Bonchev–Trinajstić information content (AvgIpc) is 2.29.